The van der Waals surface area contributed by atoms with Gasteiger partial charge < -0.3 is 20.1 Å². The number of carboxylic acid groups (broad SMARTS) is 1. The Bertz CT molecular complexity index is 589. The van der Waals surface area contributed by atoms with E-state index in [2.05, 4.69) is 10.2 Å². The van der Waals surface area contributed by atoms with Gasteiger partial charge in [0.1, 0.15) is 11.6 Å². The molecule has 0 aliphatic carbocycles. The van der Waals surface area contributed by atoms with Crippen molar-refractivity contribution in [2.75, 3.05) is 18.0 Å². The fourth-order valence-electron chi connectivity index (χ4n) is 2.82. The van der Waals surface area contributed by atoms with Crippen LogP contribution in [0, 0.1) is 0 Å². The summed E-state index contributed by atoms with van der Waals surface area (Å²) >= 11 is 0. The van der Waals surface area contributed by atoms with Crippen LogP contribution in [0.1, 0.15) is 39.2 Å². The van der Waals surface area contributed by atoms with E-state index in [-0.39, 0.29) is 6.42 Å². The van der Waals surface area contributed by atoms with E-state index >= 15 is 0 Å². The van der Waals surface area contributed by atoms with Crippen molar-refractivity contribution in [1.82, 2.24) is 5.32 Å². The Kier molecular flexibility index (Phi) is 5.70. The first kappa shape index (κ1) is 18.1. The monoisotopic (exact) mass is 334 g/mol. The highest BCUT2D eigenvalue weighted by Gasteiger charge is 2.26. The number of para-hydroxylation sites is 1. The maximum atomic E-state index is 11.9. The molecule has 1 fully saturated rings. The largest absolute Gasteiger partial charge is 0.480 e. The molecule has 0 radical (unpaired) electrons. The van der Waals surface area contributed by atoms with Crippen molar-refractivity contribution >= 4 is 17.7 Å². The van der Waals surface area contributed by atoms with Crippen LogP contribution in [0.3, 0.4) is 0 Å². The van der Waals surface area contributed by atoms with Crippen LogP contribution >= 0.6 is 0 Å². The number of hydrogen-bond acceptors (Lipinski definition) is 4. The van der Waals surface area contributed by atoms with Gasteiger partial charge in [-0.15, -0.1) is 0 Å². The number of rotatable bonds is 5. The smallest absolute Gasteiger partial charge is 0.408 e. The first-order chi connectivity index (χ1) is 11.3. The average Bonchev–Trinajstić information content (AvgIpc) is 2.99. The van der Waals surface area contributed by atoms with Gasteiger partial charge in [-0.25, -0.2) is 9.59 Å². The zero-order valence-corrected chi connectivity index (χ0v) is 14.5. The molecule has 6 nitrogen and oxygen atoms in total. The van der Waals surface area contributed by atoms with Gasteiger partial charge in [-0.05, 0) is 45.2 Å². The number of aliphatic carboxylic acids is 1. The molecule has 1 aromatic rings. The van der Waals surface area contributed by atoms with Gasteiger partial charge in [0.25, 0.3) is 0 Å². The van der Waals surface area contributed by atoms with E-state index in [1.54, 1.807) is 20.8 Å². The Morgan fingerprint density at radius 2 is 1.88 bits per heavy atom. The minimum atomic E-state index is -1.07. The number of nitrogens with zero attached hydrogens (tertiary/aromatic N) is 1. The Balaban J connectivity index is 2.11. The lowest BCUT2D eigenvalue weighted by Gasteiger charge is -2.24. The molecule has 24 heavy (non-hydrogen) atoms. The fraction of sp³-hybridized carbons (Fsp3) is 0.556. The van der Waals surface area contributed by atoms with Crippen LogP contribution in [0.25, 0.3) is 0 Å². The third-order valence-electron chi connectivity index (χ3n) is 3.85. The summed E-state index contributed by atoms with van der Waals surface area (Å²) in [5.74, 6) is -1.07. The summed E-state index contributed by atoms with van der Waals surface area (Å²) in [6.07, 6.45) is 1.80. The lowest BCUT2D eigenvalue weighted by Crippen LogP contribution is -2.44. The van der Waals surface area contributed by atoms with E-state index in [9.17, 15) is 14.7 Å². The van der Waals surface area contributed by atoms with E-state index in [1.165, 1.54) is 0 Å². The second-order valence-corrected chi connectivity index (χ2v) is 7.06. The van der Waals surface area contributed by atoms with E-state index in [4.69, 9.17) is 4.74 Å². The van der Waals surface area contributed by atoms with E-state index < -0.39 is 23.7 Å². The lowest BCUT2D eigenvalue weighted by atomic mass is 10.0. The molecule has 1 aliphatic heterocycles. The van der Waals surface area contributed by atoms with Crippen LogP contribution in [0.2, 0.25) is 0 Å². The molecule has 0 bridgehead atoms. The Morgan fingerprint density at radius 3 is 2.46 bits per heavy atom. The van der Waals surface area contributed by atoms with Gasteiger partial charge >= 0.3 is 12.1 Å². The SMILES string of the molecule is CC(C)(C)OC(=O)NC(Cc1ccccc1N1CCCC1)C(=O)O. The zero-order valence-electron chi connectivity index (χ0n) is 14.5. The third-order valence-corrected chi connectivity index (χ3v) is 3.85. The topological polar surface area (TPSA) is 78.9 Å². The molecule has 1 heterocycles. The van der Waals surface area contributed by atoms with Gasteiger partial charge in [-0.2, -0.15) is 0 Å². The highest BCUT2D eigenvalue weighted by molar-refractivity contribution is 5.80. The molecule has 1 aliphatic rings. The molecule has 0 spiro atoms. The molecule has 132 valence electrons. The molecule has 1 saturated heterocycles. The van der Waals surface area contributed by atoms with Gasteiger partial charge in [0.05, 0.1) is 0 Å². The van der Waals surface area contributed by atoms with Crippen molar-refractivity contribution in [3.8, 4) is 0 Å². The number of amides is 1. The summed E-state index contributed by atoms with van der Waals surface area (Å²) in [5, 5.41) is 11.9. The third kappa shape index (κ3) is 5.15. The first-order valence-electron chi connectivity index (χ1n) is 8.31. The summed E-state index contributed by atoms with van der Waals surface area (Å²) in [6, 6.07) is 6.74. The van der Waals surface area contributed by atoms with E-state index in [1.807, 2.05) is 24.3 Å². The molecule has 2 N–H and O–H groups in total. The average molecular weight is 334 g/mol. The predicted molar refractivity (Wildman–Crippen MR) is 92.4 cm³/mol. The van der Waals surface area contributed by atoms with Gasteiger partial charge in [0.2, 0.25) is 0 Å². The maximum absolute atomic E-state index is 11.9. The number of ether oxygens (including phenoxy) is 1. The number of carbonyl (C=O) groups is 2. The van der Waals surface area contributed by atoms with Crippen LogP contribution < -0.4 is 10.2 Å². The van der Waals surface area contributed by atoms with E-state index in [0.29, 0.717) is 0 Å². The minimum absolute atomic E-state index is 0.223. The molecular weight excluding hydrogens is 308 g/mol. The molecule has 1 amide bonds. The van der Waals surface area contributed by atoms with Crippen molar-refractivity contribution in [1.29, 1.82) is 0 Å². The Morgan fingerprint density at radius 1 is 1.25 bits per heavy atom. The van der Waals surface area contributed by atoms with Gasteiger partial charge in [-0.1, -0.05) is 18.2 Å². The van der Waals surface area contributed by atoms with Crippen LogP contribution in [-0.4, -0.2) is 41.9 Å². The normalized spacial score (nSPS) is 15.9. The fourth-order valence-corrected chi connectivity index (χ4v) is 2.82. The first-order valence-corrected chi connectivity index (χ1v) is 8.31. The molecular formula is C18H26N2O4. The molecule has 1 aromatic carbocycles. The van der Waals surface area contributed by atoms with E-state index in [0.717, 1.165) is 37.2 Å². The maximum Gasteiger partial charge on any atom is 0.408 e. The second kappa shape index (κ2) is 7.55. The number of benzene rings is 1. The van der Waals surface area contributed by atoms with Crippen LogP contribution in [0.5, 0.6) is 0 Å². The molecule has 0 aromatic heterocycles. The number of alkyl carbamates (subject to hydrolysis) is 1. The summed E-state index contributed by atoms with van der Waals surface area (Å²) in [6.45, 7) is 7.18. The second-order valence-electron chi connectivity index (χ2n) is 7.06. The minimum Gasteiger partial charge on any atom is -0.480 e. The van der Waals surface area contributed by atoms with Crippen LogP contribution in [0.4, 0.5) is 10.5 Å². The summed E-state index contributed by atoms with van der Waals surface area (Å²) in [7, 11) is 0. The molecule has 1 unspecified atom stereocenters. The lowest BCUT2D eigenvalue weighted by molar-refractivity contribution is -0.139. The quantitative estimate of drug-likeness (QED) is 0.865. The summed E-state index contributed by atoms with van der Waals surface area (Å²) in [5.41, 5.74) is 1.30. The number of anilines is 1. The number of carboxylic acids is 1. The van der Waals surface area contributed by atoms with Crippen molar-refractivity contribution in [3.05, 3.63) is 29.8 Å². The number of nitrogens with one attached hydrogen (secondary N) is 1. The number of hydrogen-bond donors (Lipinski definition) is 2. The Labute approximate surface area is 142 Å². The molecule has 0 saturated carbocycles. The van der Waals surface area contributed by atoms with Crippen LogP contribution in [0.15, 0.2) is 24.3 Å². The van der Waals surface area contributed by atoms with Crippen molar-refractivity contribution in [2.24, 2.45) is 0 Å². The molecule has 6 heteroatoms. The van der Waals surface area contributed by atoms with Crippen molar-refractivity contribution < 1.29 is 19.4 Å². The standard InChI is InChI=1S/C18H26N2O4/c1-18(2,3)24-17(23)19-14(16(21)22)12-13-8-4-5-9-15(13)20-10-6-7-11-20/h4-5,8-9,14H,6-7,10-12H2,1-3H3,(H,19,23)(H,21,22). The number of carbonyl (C=O) groups excluding carboxylic acids is 1. The summed E-state index contributed by atoms with van der Waals surface area (Å²) in [4.78, 5) is 25.7. The predicted octanol–water partition coefficient (Wildman–Crippen LogP) is 2.81. The van der Waals surface area contributed by atoms with Gasteiger partial charge in [-0.3, -0.25) is 0 Å². The van der Waals surface area contributed by atoms with Crippen molar-refractivity contribution in [3.63, 3.8) is 0 Å². The van der Waals surface area contributed by atoms with Crippen molar-refractivity contribution in [2.45, 2.75) is 51.7 Å². The zero-order chi connectivity index (χ0) is 17.7. The summed E-state index contributed by atoms with van der Waals surface area (Å²) < 4.78 is 5.16. The molecule has 1 atom stereocenters. The highest BCUT2D eigenvalue weighted by atomic mass is 16.6. The van der Waals surface area contributed by atoms with Gasteiger partial charge in [0.15, 0.2) is 0 Å². The van der Waals surface area contributed by atoms with Gasteiger partial charge in [0, 0.05) is 25.2 Å². The molecule has 2 rings (SSSR count). The Hall–Kier alpha value is -2.24. The highest BCUT2D eigenvalue weighted by Crippen LogP contribution is 2.25. The van der Waals surface area contributed by atoms with Crippen LogP contribution in [-0.2, 0) is 16.0 Å².